The highest BCUT2D eigenvalue weighted by molar-refractivity contribution is 7.80. The first kappa shape index (κ1) is 19.1. The minimum atomic E-state index is -0.541. The highest BCUT2D eigenvalue weighted by atomic mass is 32.1. The molecule has 0 aromatic heterocycles. The second kappa shape index (κ2) is 8.77. The van der Waals surface area contributed by atoms with Gasteiger partial charge < -0.3 is 10.6 Å². The lowest BCUT2D eigenvalue weighted by atomic mass is 10.1. The van der Waals surface area contributed by atoms with Gasteiger partial charge in [-0.1, -0.05) is 18.2 Å². The van der Waals surface area contributed by atoms with Crippen LogP contribution in [0.1, 0.15) is 24.2 Å². The molecule has 8 nitrogen and oxygen atoms in total. The molecule has 0 saturated heterocycles. The molecule has 26 heavy (non-hydrogen) atoms. The standard InChI is InChI=1S/C17H19N5O3S/c1-11(2)18-17(26)21-20-16(23)12-8-9-14(15(10-12)22(24)25)19-13-6-4-3-5-7-13/h3-11,19H,1-2H3,(H,20,23)(H2,18,21,26). The molecule has 0 heterocycles. The summed E-state index contributed by atoms with van der Waals surface area (Å²) < 4.78 is 0. The summed E-state index contributed by atoms with van der Waals surface area (Å²) >= 11 is 5.00. The molecule has 0 spiro atoms. The van der Waals surface area contributed by atoms with Crippen molar-refractivity contribution < 1.29 is 9.72 Å². The van der Waals surface area contributed by atoms with Crippen molar-refractivity contribution in [2.24, 2.45) is 0 Å². The van der Waals surface area contributed by atoms with E-state index in [0.29, 0.717) is 11.4 Å². The number of carbonyl (C=O) groups is 1. The predicted molar refractivity (Wildman–Crippen MR) is 104 cm³/mol. The van der Waals surface area contributed by atoms with E-state index in [2.05, 4.69) is 21.5 Å². The first-order chi connectivity index (χ1) is 12.4. The Hall–Kier alpha value is -3.20. The zero-order chi connectivity index (χ0) is 19.1. The number of nitrogens with zero attached hydrogens (tertiary/aromatic N) is 1. The Kier molecular flexibility index (Phi) is 6.45. The van der Waals surface area contributed by atoms with Gasteiger partial charge in [0.1, 0.15) is 5.69 Å². The number of carbonyl (C=O) groups excluding carboxylic acids is 1. The van der Waals surface area contributed by atoms with Gasteiger partial charge in [0.25, 0.3) is 11.6 Å². The van der Waals surface area contributed by atoms with Crippen LogP contribution >= 0.6 is 12.2 Å². The number of thiocarbonyl (C=S) groups is 1. The molecule has 1 amide bonds. The number of nitro benzene ring substituents is 1. The minimum Gasteiger partial charge on any atom is -0.359 e. The van der Waals surface area contributed by atoms with E-state index in [0.717, 1.165) is 0 Å². The highest BCUT2D eigenvalue weighted by Gasteiger charge is 2.18. The Morgan fingerprint density at radius 3 is 2.42 bits per heavy atom. The monoisotopic (exact) mass is 373 g/mol. The molecule has 0 unspecified atom stereocenters. The third-order valence-corrected chi connectivity index (χ3v) is 3.44. The van der Waals surface area contributed by atoms with Gasteiger partial charge in [-0.2, -0.15) is 0 Å². The summed E-state index contributed by atoms with van der Waals surface area (Å²) in [5.41, 5.74) is 5.89. The van der Waals surface area contributed by atoms with Crippen molar-refractivity contribution in [3.8, 4) is 0 Å². The smallest absolute Gasteiger partial charge is 0.293 e. The summed E-state index contributed by atoms with van der Waals surface area (Å²) in [7, 11) is 0. The Bertz CT molecular complexity index is 811. The van der Waals surface area contributed by atoms with E-state index < -0.39 is 10.8 Å². The van der Waals surface area contributed by atoms with E-state index in [-0.39, 0.29) is 22.4 Å². The van der Waals surface area contributed by atoms with Crippen molar-refractivity contribution in [2.45, 2.75) is 19.9 Å². The van der Waals surface area contributed by atoms with Gasteiger partial charge in [0, 0.05) is 23.4 Å². The zero-order valence-corrected chi connectivity index (χ0v) is 15.1. The van der Waals surface area contributed by atoms with Crippen LogP contribution in [-0.2, 0) is 0 Å². The Morgan fingerprint density at radius 1 is 1.12 bits per heavy atom. The molecule has 0 atom stereocenters. The van der Waals surface area contributed by atoms with Crippen LogP contribution in [-0.4, -0.2) is 22.0 Å². The quantitative estimate of drug-likeness (QED) is 0.362. The number of nitrogens with one attached hydrogen (secondary N) is 4. The van der Waals surface area contributed by atoms with Crippen molar-refractivity contribution in [1.82, 2.24) is 16.2 Å². The molecule has 0 aliphatic heterocycles. The second-order valence-electron chi connectivity index (χ2n) is 5.69. The molecule has 2 aromatic rings. The van der Waals surface area contributed by atoms with E-state index in [9.17, 15) is 14.9 Å². The van der Waals surface area contributed by atoms with Crippen molar-refractivity contribution in [3.63, 3.8) is 0 Å². The average molecular weight is 373 g/mol. The summed E-state index contributed by atoms with van der Waals surface area (Å²) in [6, 6.07) is 13.4. The SMILES string of the molecule is CC(C)NC(=S)NNC(=O)c1ccc(Nc2ccccc2)c([N+](=O)[O-])c1. The van der Waals surface area contributed by atoms with Crippen LogP contribution in [0.5, 0.6) is 0 Å². The lowest BCUT2D eigenvalue weighted by Crippen LogP contribution is -2.48. The van der Waals surface area contributed by atoms with Crippen LogP contribution in [0, 0.1) is 10.1 Å². The van der Waals surface area contributed by atoms with Gasteiger partial charge >= 0.3 is 0 Å². The van der Waals surface area contributed by atoms with Gasteiger partial charge in [-0.3, -0.25) is 25.8 Å². The molecule has 0 aliphatic rings. The second-order valence-corrected chi connectivity index (χ2v) is 6.10. The molecule has 0 fully saturated rings. The first-order valence-electron chi connectivity index (χ1n) is 7.84. The van der Waals surface area contributed by atoms with Crippen molar-refractivity contribution in [3.05, 3.63) is 64.2 Å². The minimum absolute atomic E-state index is 0.108. The van der Waals surface area contributed by atoms with E-state index in [1.165, 1.54) is 18.2 Å². The number of hydrogen-bond acceptors (Lipinski definition) is 5. The highest BCUT2D eigenvalue weighted by Crippen LogP contribution is 2.28. The van der Waals surface area contributed by atoms with Crippen LogP contribution in [0.3, 0.4) is 0 Å². The maximum absolute atomic E-state index is 12.2. The maximum Gasteiger partial charge on any atom is 0.293 e. The summed E-state index contributed by atoms with van der Waals surface area (Å²) in [5.74, 6) is -0.535. The fourth-order valence-corrected chi connectivity index (χ4v) is 2.38. The third-order valence-electron chi connectivity index (χ3n) is 3.22. The summed E-state index contributed by atoms with van der Waals surface area (Å²) in [5, 5.41) is 17.5. The molecule has 0 aliphatic carbocycles. The first-order valence-corrected chi connectivity index (χ1v) is 8.25. The number of anilines is 2. The molecule has 2 aromatic carbocycles. The van der Waals surface area contributed by atoms with E-state index in [4.69, 9.17) is 12.2 Å². The van der Waals surface area contributed by atoms with Crippen LogP contribution in [0.15, 0.2) is 48.5 Å². The lowest BCUT2D eigenvalue weighted by Gasteiger charge is -2.14. The summed E-state index contributed by atoms with van der Waals surface area (Å²) in [4.78, 5) is 23.0. The molecular formula is C17H19N5O3S. The van der Waals surface area contributed by atoms with Crippen molar-refractivity contribution in [1.29, 1.82) is 0 Å². The normalized spacial score (nSPS) is 10.1. The number of amides is 1. The number of para-hydroxylation sites is 1. The number of rotatable bonds is 5. The number of nitro groups is 1. The topological polar surface area (TPSA) is 108 Å². The molecular weight excluding hydrogens is 354 g/mol. The summed E-state index contributed by atoms with van der Waals surface area (Å²) in [6.45, 7) is 3.80. The predicted octanol–water partition coefficient (Wildman–Crippen LogP) is 2.86. The molecule has 0 radical (unpaired) electrons. The van der Waals surface area contributed by atoms with Crippen LogP contribution in [0.2, 0.25) is 0 Å². The van der Waals surface area contributed by atoms with Crippen LogP contribution in [0.4, 0.5) is 17.1 Å². The van der Waals surface area contributed by atoms with Gasteiger partial charge in [-0.15, -0.1) is 0 Å². The van der Waals surface area contributed by atoms with Gasteiger partial charge in [-0.25, -0.2) is 0 Å². The number of hydrogen-bond donors (Lipinski definition) is 4. The van der Waals surface area contributed by atoms with E-state index in [1.54, 1.807) is 12.1 Å². The van der Waals surface area contributed by atoms with Gasteiger partial charge in [0.2, 0.25) is 0 Å². The largest absolute Gasteiger partial charge is 0.359 e. The lowest BCUT2D eigenvalue weighted by molar-refractivity contribution is -0.383. The zero-order valence-electron chi connectivity index (χ0n) is 14.3. The molecule has 0 saturated carbocycles. The van der Waals surface area contributed by atoms with Crippen molar-refractivity contribution in [2.75, 3.05) is 5.32 Å². The maximum atomic E-state index is 12.2. The van der Waals surface area contributed by atoms with Crippen molar-refractivity contribution >= 4 is 40.3 Å². The Labute approximate surface area is 156 Å². The van der Waals surface area contributed by atoms with Crippen LogP contribution in [0.25, 0.3) is 0 Å². The molecule has 0 bridgehead atoms. The third kappa shape index (κ3) is 5.42. The molecule has 4 N–H and O–H groups in total. The molecule has 136 valence electrons. The number of benzene rings is 2. The fraction of sp³-hybridized carbons (Fsp3) is 0.176. The molecule has 9 heteroatoms. The number of hydrazine groups is 1. The van der Waals surface area contributed by atoms with E-state index in [1.807, 2.05) is 32.0 Å². The summed E-state index contributed by atoms with van der Waals surface area (Å²) in [6.07, 6.45) is 0. The Balaban J connectivity index is 2.13. The van der Waals surface area contributed by atoms with Crippen LogP contribution < -0.4 is 21.5 Å². The molecule has 2 rings (SSSR count). The fourth-order valence-electron chi connectivity index (χ4n) is 2.09. The Morgan fingerprint density at radius 2 is 1.81 bits per heavy atom. The average Bonchev–Trinajstić information content (AvgIpc) is 2.60. The van der Waals surface area contributed by atoms with Gasteiger partial charge in [-0.05, 0) is 50.3 Å². The van der Waals surface area contributed by atoms with E-state index >= 15 is 0 Å². The van der Waals surface area contributed by atoms with Gasteiger partial charge in [0.15, 0.2) is 5.11 Å². The van der Waals surface area contributed by atoms with Gasteiger partial charge in [0.05, 0.1) is 4.92 Å².